The normalized spacial score (nSPS) is 22.4. The van der Waals surface area contributed by atoms with Crippen LogP contribution in [0.1, 0.15) is 43.8 Å². The van der Waals surface area contributed by atoms with Gasteiger partial charge in [-0.05, 0) is 32.1 Å². The van der Waals surface area contributed by atoms with Crippen molar-refractivity contribution in [3.05, 3.63) is 4.88 Å². The fourth-order valence-corrected chi connectivity index (χ4v) is 3.77. The molecule has 2 unspecified atom stereocenters. The van der Waals surface area contributed by atoms with Crippen LogP contribution in [0.2, 0.25) is 0 Å². The molecule has 0 spiro atoms. The second kappa shape index (κ2) is 6.64. The Kier molecular flexibility index (Phi) is 5.08. The molecule has 0 bridgehead atoms. The van der Waals surface area contributed by atoms with E-state index >= 15 is 0 Å². The van der Waals surface area contributed by atoms with Crippen LogP contribution in [-0.4, -0.2) is 42.0 Å². The molecular weight excluding hydrogens is 284 g/mol. The van der Waals surface area contributed by atoms with Crippen LogP contribution in [0.4, 0.5) is 10.9 Å². The van der Waals surface area contributed by atoms with Gasteiger partial charge in [-0.3, -0.25) is 4.79 Å². The lowest BCUT2D eigenvalue weighted by Crippen LogP contribution is -2.42. The van der Waals surface area contributed by atoms with Gasteiger partial charge in [0.05, 0.1) is 0 Å². The zero-order chi connectivity index (χ0) is 15.6. The second-order valence-corrected chi connectivity index (χ2v) is 6.86. The molecule has 1 aromatic rings. The number of hydrogen-bond acceptors (Lipinski definition) is 5. The lowest BCUT2D eigenvalue weighted by molar-refractivity contribution is 0.0633. The van der Waals surface area contributed by atoms with Gasteiger partial charge in [0.25, 0.3) is 5.91 Å². The summed E-state index contributed by atoms with van der Waals surface area (Å²) in [5.74, 6) is 1.64. The molecule has 1 amide bonds. The van der Waals surface area contributed by atoms with Gasteiger partial charge in [-0.1, -0.05) is 25.2 Å². The zero-order valence-corrected chi connectivity index (χ0v) is 14.2. The van der Waals surface area contributed by atoms with E-state index in [0.717, 1.165) is 37.7 Å². The Labute approximate surface area is 131 Å². The number of anilines is 2. The highest BCUT2D eigenvalue weighted by Crippen LogP contribution is 2.31. The molecule has 2 N–H and O–H groups in total. The van der Waals surface area contributed by atoms with Gasteiger partial charge in [-0.2, -0.15) is 0 Å². The van der Waals surface area contributed by atoms with E-state index in [1.54, 1.807) is 0 Å². The van der Waals surface area contributed by atoms with Gasteiger partial charge in [-0.15, -0.1) is 0 Å². The van der Waals surface area contributed by atoms with Crippen LogP contribution in [0.25, 0.3) is 0 Å². The van der Waals surface area contributed by atoms with Gasteiger partial charge in [0, 0.05) is 26.2 Å². The van der Waals surface area contributed by atoms with E-state index in [1.165, 1.54) is 11.3 Å². The highest BCUT2D eigenvalue weighted by Gasteiger charge is 2.29. The first kappa shape index (κ1) is 16.1. The number of carbonyl (C=O) groups is 1. The molecule has 1 aliphatic rings. The minimum atomic E-state index is 0.0437. The lowest BCUT2D eigenvalue weighted by Gasteiger charge is -2.35. The number of hydrogen-bond donors (Lipinski definition) is 1. The largest absolute Gasteiger partial charge is 0.382 e. The molecule has 0 aromatic carbocycles. The van der Waals surface area contributed by atoms with Crippen LogP contribution < -0.4 is 10.6 Å². The van der Waals surface area contributed by atoms with E-state index in [4.69, 9.17) is 5.73 Å². The maximum absolute atomic E-state index is 12.7. The summed E-state index contributed by atoms with van der Waals surface area (Å²) in [6.45, 7) is 12.0. The van der Waals surface area contributed by atoms with Crippen LogP contribution in [0, 0.1) is 11.8 Å². The molecule has 1 saturated heterocycles. The molecule has 21 heavy (non-hydrogen) atoms. The van der Waals surface area contributed by atoms with E-state index in [-0.39, 0.29) is 5.91 Å². The van der Waals surface area contributed by atoms with E-state index < -0.39 is 0 Å². The van der Waals surface area contributed by atoms with Crippen LogP contribution in [-0.2, 0) is 0 Å². The van der Waals surface area contributed by atoms with Crippen molar-refractivity contribution in [1.82, 2.24) is 9.88 Å². The number of nitrogens with two attached hydrogens (primary N) is 1. The Balaban J connectivity index is 2.16. The maximum atomic E-state index is 12.7. The van der Waals surface area contributed by atoms with Crippen molar-refractivity contribution < 1.29 is 4.79 Å². The Hall–Kier alpha value is -1.30. The number of thiazole rings is 1. The molecule has 0 aliphatic carbocycles. The average Bonchev–Trinajstić information content (AvgIpc) is 2.84. The minimum Gasteiger partial charge on any atom is -0.382 e. The van der Waals surface area contributed by atoms with Gasteiger partial charge in [0.1, 0.15) is 10.7 Å². The van der Waals surface area contributed by atoms with Crippen molar-refractivity contribution >= 4 is 28.2 Å². The number of nitrogen functional groups attached to an aromatic ring is 1. The molecule has 1 aliphatic heterocycles. The fraction of sp³-hybridized carbons (Fsp3) is 0.733. The molecule has 2 rings (SSSR count). The summed E-state index contributed by atoms with van der Waals surface area (Å²) in [5, 5.41) is 0.847. The average molecular weight is 310 g/mol. The van der Waals surface area contributed by atoms with Gasteiger partial charge in [0.15, 0.2) is 5.13 Å². The summed E-state index contributed by atoms with van der Waals surface area (Å²) in [5.41, 5.74) is 5.98. The smallest absolute Gasteiger partial charge is 0.267 e. The number of rotatable bonds is 4. The van der Waals surface area contributed by atoms with E-state index in [2.05, 4.69) is 37.6 Å². The van der Waals surface area contributed by atoms with Crippen molar-refractivity contribution in [2.24, 2.45) is 11.8 Å². The van der Waals surface area contributed by atoms with Gasteiger partial charge >= 0.3 is 0 Å². The van der Waals surface area contributed by atoms with Gasteiger partial charge < -0.3 is 15.5 Å². The van der Waals surface area contributed by atoms with E-state index in [0.29, 0.717) is 22.5 Å². The Morgan fingerprint density at radius 1 is 1.38 bits per heavy atom. The molecule has 0 saturated carbocycles. The molecule has 6 heteroatoms. The third kappa shape index (κ3) is 3.31. The SMILES string of the molecule is CCN(CC)c1nc(N)c(C(=O)N2CCC(C)C(C)C2)s1. The Morgan fingerprint density at radius 2 is 2.05 bits per heavy atom. The molecule has 118 valence electrons. The molecule has 5 nitrogen and oxygen atoms in total. The van der Waals surface area contributed by atoms with E-state index in [9.17, 15) is 4.79 Å². The molecule has 1 fully saturated rings. The molecule has 2 heterocycles. The summed E-state index contributed by atoms with van der Waals surface area (Å²) in [4.78, 5) is 21.7. The summed E-state index contributed by atoms with van der Waals surface area (Å²) >= 11 is 1.42. The maximum Gasteiger partial charge on any atom is 0.267 e. The summed E-state index contributed by atoms with van der Waals surface area (Å²) in [6, 6.07) is 0. The third-order valence-corrected chi connectivity index (χ3v) is 5.61. The number of amides is 1. The van der Waals surface area contributed by atoms with Crippen molar-refractivity contribution in [2.45, 2.75) is 34.1 Å². The highest BCUT2D eigenvalue weighted by atomic mass is 32.1. The highest BCUT2D eigenvalue weighted by molar-refractivity contribution is 7.18. The summed E-state index contributed by atoms with van der Waals surface area (Å²) in [7, 11) is 0. The first-order valence-corrected chi connectivity index (χ1v) is 8.60. The molecule has 0 radical (unpaired) electrons. The van der Waals surface area contributed by atoms with Crippen LogP contribution in [0.5, 0.6) is 0 Å². The second-order valence-electron chi connectivity index (χ2n) is 5.88. The molecule has 2 atom stereocenters. The van der Waals surface area contributed by atoms with Crippen LogP contribution >= 0.6 is 11.3 Å². The molecule has 1 aromatic heterocycles. The van der Waals surface area contributed by atoms with Crippen molar-refractivity contribution in [2.75, 3.05) is 36.8 Å². The van der Waals surface area contributed by atoms with Gasteiger partial charge in [0.2, 0.25) is 0 Å². The number of likely N-dealkylation sites (tertiary alicyclic amines) is 1. The number of piperidine rings is 1. The predicted molar refractivity (Wildman–Crippen MR) is 88.9 cm³/mol. The summed E-state index contributed by atoms with van der Waals surface area (Å²) < 4.78 is 0. The van der Waals surface area contributed by atoms with Gasteiger partial charge in [-0.25, -0.2) is 4.98 Å². The molecular formula is C15H26N4OS. The quantitative estimate of drug-likeness (QED) is 0.929. The monoisotopic (exact) mass is 310 g/mol. The topological polar surface area (TPSA) is 62.5 Å². The lowest BCUT2D eigenvalue weighted by atomic mass is 9.88. The number of nitrogens with zero attached hydrogens (tertiary/aromatic N) is 3. The van der Waals surface area contributed by atoms with Crippen molar-refractivity contribution in [3.63, 3.8) is 0 Å². The first-order chi connectivity index (χ1) is 9.97. The first-order valence-electron chi connectivity index (χ1n) is 7.78. The zero-order valence-electron chi connectivity index (χ0n) is 13.4. The van der Waals surface area contributed by atoms with Crippen LogP contribution in [0.3, 0.4) is 0 Å². The van der Waals surface area contributed by atoms with Crippen LogP contribution in [0.15, 0.2) is 0 Å². The number of carbonyl (C=O) groups excluding carboxylic acids is 1. The Morgan fingerprint density at radius 3 is 2.62 bits per heavy atom. The summed E-state index contributed by atoms with van der Waals surface area (Å²) in [6.07, 6.45) is 1.06. The number of aromatic nitrogens is 1. The third-order valence-electron chi connectivity index (χ3n) is 4.49. The fourth-order valence-electron chi connectivity index (χ4n) is 2.69. The van der Waals surface area contributed by atoms with E-state index in [1.807, 2.05) is 4.90 Å². The van der Waals surface area contributed by atoms with Crippen molar-refractivity contribution in [1.29, 1.82) is 0 Å². The minimum absolute atomic E-state index is 0.0437. The predicted octanol–water partition coefficient (Wildman–Crippen LogP) is 2.69. The van der Waals surface area contributed by atoms with Crippen molar-refractivity contribution in [3.8, 4) is 0 Å². The Bertz CT molecular complexity index is 498. The standard InChI is InChI=1S/C15H26N4OS/c1-5-18(6-2)15-17-13(16)12(21-15)14(20)19-8-7-10(3)11(4)9-19/h10-11H,5-9,16H2,1-4H3.